The minimum absolute atomic E-state index is 0.370. The van der Waals surface area contributed by atoms with Gasteiger partial charge in [-0.1, -0.05) is 54.1 Å². The molecule has 4 nitrogen and oxygen atoms in total. The van der Waals surface area contributed by atoms with Crippen molar-refractivity contribution in [3.8, 4) is 11.1 Å². The number of Topliss-reactive ketones (excluding diaryl/α,β-unsaturated/α-hetero) is 1. The predicted molar refractivity (Wildman–Crippen MR) is 112 cm³/mol. The van der Waals surface area contributed by atoms with Crippen LogP contribution in [0.2, 0.25) is 0 Å². The zero-order chi connectivity index (χ0) is 19.7. The van der Waals surface area contributed by atoms with E-state index < -0.39 is 11.7 Å². The maximum absolute atomic E-state index is 13.2. The Kier molecular flexibility index (Phi) is 4.53. The molecular formula is C24H20N2O2. The van der Waals surface area contributed by atoms with Crippen LogP contribution in [0, 0.1) is 13.8 Å². The molecule has 4 heteroatoms. The Hall–Kier alpha value is -3.66. The van der Waals surface area contributed by atoms with E-state index in [1.54, 1.807) is 16.5 Å². The maximum atomic E-state index is 13.2. The molecule has 0 fully saturated rings. The lowest BCUT2D eigenvalue weighted by Crippen LogP contribution is -2.24. The van der Waals surface area contributed by atoms with Crippen molar-refractivity contribution < 1.29 is 9.59 Å². The summed E-state index contributed by atoms with van der Waals surface area (Å²) in [4.78, 5) is 25.9. The molecule has 0 aliphatic rings. The number of benzene rings is 2. The Morgan fingerprint density at radius 1 is 0.821 bits per heavy atom. The van der Waals surface area contributed by atoms with E-state index in [0.717, 1.165) is 27.8 Å². The van der Waals surface area contributed by atoms with Crippen LogP contribution in [0.15, 0.2) is 79.0 Å². The number of amides is 1. The number of nitrogens with zero attached hydrogens (tertiary/aromatic N) is 1. The van der Waals surface area contributed by atoms with Crippen LogP contribution in [0.4, 0.5) is 5.69 Å². The number of carbonyl (C=O) groups is 2. The molecule has 0 bridgehead atoms. The van der Waals surface area contributed by atoms with Gasteiger partial charge in [0, 0.05) is 23.0 Å². The molecule has 0 saturated carbocycles. The molecule has 1 N–H and O–H groups in total. The highest BCUT2D eigenvalue weighted by molar-refractivity contribution is 6.47. The molecule has 0 aliphatic carbocycles. The molecule has 0 atom stereocenters. The van der Waals surface area contributed by atoms with Crippen LogP contribution in [-0.2, 0) is 4.79 Å². The molecule has 2 heterocycles. The lowest BCUT2D eigenvalue weighted by molar-refractivity contribution is -0.112. The highest BCUT2D eigenvalue weighted by Crippen LogP contribution is 2.29. The number of fused-ring (bicyclic) bond motifs is 1. The average molecular weight is 368 g/mol. The summed E-state index contributed by atoms with van der Waals surface area (Å²) in [6, 6.07) is 22.9. The molecule has 0 spiro atoms. The van der Waals surface area contributed by atoms with Gasteiger partial charge in [0.2, 0.25) is 0 Å². The summed E-state index contributed by atoms with van der Waals surface area (Å²) in [5, 5.41) is 2.71. The third-order valence-corrected chi connectivity index (χ3v) is 4.73. The van der Waals surface area contributed by atoms with E-state index in [-0.39, 0.29) is 0 Å². The van der Waals surface area contributed by atoms with Gasteiger partial charge in [-0.3, -0.25) is 9.59 Å². The van der Waals surface area contributed by atoms with E-state index in [1.807, 2.05) is 80.7 Å². The Morgan fingerprint density at radius 2 is 1.50 bits per heavy atom. The van der Waals surface area contributed by atoms with E-state index in [2.05, 4.69) is 5.32 Å². The number of carbonyl (C=O) groups excluding carboxylic acids is 2. The summed E-state index contributed by atoms with van der Waals surface area (Å²) in [7, 11) is 0. The summed E-state index contributed by atoms with van der Waals surface area (Å²) >= 11 is 0. The number of aromatic nitrogens is 1. The first-order chi connectivity index (χ1) is 13.5. The van der Waals surface area contributed by atoms with Crippen LogP contribution in [-0.4, -0.2) is 16.1 Å². The fourth-order valence-corrected chi connectivity index (χ4v) is 3.28. The Morgan fingerprint density at radius 3 is 2.21 bits per heavy atom. The van der Waals surface area contributed by atoms with Gasteiger partial charge >= 0.3 is 0 Å². The molecule has 0 aliphatic heterocycles. The highest BCUT2D eigenvalue weighted by Gasteiger charge is 2.25. The van der Waals surface area contributed by atoms with Crippen LogP contribution in [0.5, 0.6) is 0 Å². The van der Waals surface area contributed by atoms with Crippen molar-refractivity contribution in [3.63, 3.8) is 0 Å². The van der Waals surface area contributed by atoms with Gasteiger partial charge in [0.15, 0.2) is 0 Å². The lowest BCUT2D eigenvalue weighted by atomic mass is 10.0. The van der Waals surface area contributed by atoms with Gasteiger partial charge in [-0.25, -0.2) is 0 Å². The molecule has 4 aromatic rings. The topological polar surface area (TPSA) is 50.6 Å². The summed E-state index contributed by atoms with van der Waals surface area (Å²) in [5.74, 6) is -1.22. The number of ketones is 1. The standard InChI is InChI=1S/C24H20N2O2/c1-16-8-11-19(12-9-16)25-24(28)23(27)22-21(18-6-4-3-5-7-18)14-20-13-10-17(2)15-26(20)22/h3-15H,1-2H3,(H,25,28). The minimum atomic E-state index is -0.650. The number of rotatable bonds is 4. The second-order valence-corrected chi connectivity index (χ2v) is 6.92. The Balaban J connectivity index is 1.79. The zero-order valence-corrected chi connectivity index (χ0v) is 15.8. The highest BCUT2D eigenvalue weighted by atomic mass is 16.2. The van der Waals surface area contributed by atoms with Gasteiger partial charge in [0.05, 0.1) is 0 Å². The SMILES string of the molecule is Cc1ccc(NC(=O)C(=O)c2c(-c3ccccc3)cc3ccc(C)cn23)cc1. The first-order valence-corrected chi connectivity index (χ1v) is 9.12. The molecule has 138 valence electrons. The molecular weight excluding hydrogens is 348 g/mol. The van der Waals surface area contributed by atoms with Gasteiger partial charge in [-0.15, -0.1) is 0 Å². The lowest BCUT2D eigenvalue weighted by Gasteiger charge is -2.08. The van der Waals surface area contributed by atoms with Crippen molar-refractivity contribution in [1.82, 2.24) is 4.40 Å². The van der Waals surface area contributed by atoms with Gasteiger partial charge in [0.1, 0.15) is 5.69 Å². The van der Waals surface area contributed by atoms with Gasteiger partial charge in [-0.05, 0) is 49.2 Å². The summed E-state index contributed by atoms with van der Waals surface area (Å²) in [6.07, 6.45) is 1.88. The van der Waals surface area contributed by atoms with E-state index >= 15 is 0 Å². The van der Waals surface area contributed by atoms with E-state index in [0.29, 0.717) is 11.4 Å². The normalized spacial score (nSPS) is 10.8. The van der Waals surface area contributed by atoms with E-state index in [9.17, 15) is 9.59 Å². The zero-order valence-electron chi connectivity index (χ0n) is 15.8. The Labute approximate surface area is 163 Å². The van der Waals surface area contributed by atoms with Gasteiger partial charge < -0.3 is 9.72 Å². The van der Waals surface area contributed by atoms with Crippen molar-refractivity contribution in [1.29, 1.82) is 0 Å². The maximum Gasteiger partial charge on any atom is 0.298 e. The number of anilines is 1. The molecule has 1 amide bonds. The third kappa shape index (κ3) is 3.32. The monoisotopic (exact) mass is 368 g/mol. The molecule has 28 heavy (non-hydrogen) atoms. The fraction of sp³-hybridized carbons (Fsp3) is 0.0833. The molecule has 4 rings (SSSR count). The number of nitrogens with one attached hydrogen (secondary N) is 1. The number of hydrogen-bond acceptors (Lipinski definition) is 2. The number of hydrogen-bond donors (Lipinski definition) is 1. The van der Waals surface area contributed by atoms with Crippen LogP contribution < -0.4 is 5.32 Å². The quantitative estimate of drug-likeness (QED) is 0.405. The molecule has 2 aromatic carbocycles. The van der Waals surface area contributed by atoms with Gasteiger partial charge in [0.25, 0.3) is 11.7 Å². The largest absolute Gasteiger partial charge is 0.319 e. The Bertz CT molecular complexity index is 1170. The van der Waals surface area contributed by atoms with Crippen LogP contribution in [0.3, 0.4) is 0 Å². The first kappa shape index (κ1) is 17.7. The van der Waals surface area contributed by atoms with Crippen molar-refractivity contribution in [3.05, 3.63) is 95.8 Å². The van der Waals surface area contributed by atoms with E-state index in [4.69, 9.17) is 0 Å². The van der Waals surface area contributed by atoms with Crippen molar-refractivity contribution in [2.45, 2.75) is 13.8 Å². The number of pyridine rings is 1. The molecule has 0 radical (unpaired) electrons. The van der Waals surface area contributed by atoms with E-state index in [1.165, 1.54) is 0 Å². The van der Waals surface area contributed by atoms with Crippen LogP contribution in [0.25, 0.3) is 16.6 Å². The number of aryl methyl sites for hydroxylation is 2. The van der Waals surface area contributed by atoms with Gasteiger partial charge in [-0.2, -0.15) is 0 Å². The average Bonchev–Trinajstić information content (AvgIpc) is 3.08. The third-order valence-electron chi connectivity index (χ3n) is 4.73. The molecule has 2 aromatic heterocycles. The summed E-state index contributed by atoms with van der Waals surface area (Å²) in [6.45, 7) is 3.93. The molecule has 0 unspecified atom stereocenters. The van der Waals surface area contributed by atoms with Crippen molar-refractivity contribution >= 4 is 22.9 Å². The predicted octanol–water partition coefficient (Wildman–Crippen LogP) is 5.04. The summed E-state index contributed by atoms with van der Waals surface area (Å²) < 4.78 is 1.80. The summed E-state index contributed by atoms with van der Waals surface area (Å²) in [5.41, 5.74) is 5.58. The van der Waals surface area contributed by atoms with Crippen molar-refractivity contribution in [2.24, 2.45) is 0 Å². The van der Waals surface area contributed by atoms with Crippen LogP contribution in [0.1, 0.15) is 21.6 Å². The smallest absolute Gasteiger partial charge is 0.298 e. The van der Waals surface area contributed by atoms with Crippen LogP contribution >= 0.6 is 0 Å². The minimum Gasteiger partial charge on any atom is -0.319 e. The second kappa shape index (κ2) is 7.16. The first-order valence-electron chi connectivity index (χ1n) is 9.12. The van der Waals surface area contributed by atoms with Crippen molar-refractivity contribution in [2.75, 3.05) is 5.32 Å². The molecule has 0 saturated heterocycles. The fourth-order valence-electron chi connectivity index (χ4n) is 3.28. The second-order valence-electron chi connectivity index (χ2n) is 6.92.